The molecule has 0 bridgehead atoms. The van der Waals surface area contributed by atoms with Gasteiger partial charge in [0.15, 0.2) is 5.78 Å². The summed E-state index contributed by atoms with van der Waals surface area (Å²) in [6.45, 7) is 1.80. The van der Waals surface area contributed by atoms with Crippen LogP contribution in [0, 0.1) is 0 Å². The Morgan fingerprint density at radius 3 is 2.58 bits per heavy atom. The molecule has 19 heavy (non-hydrogen) atoms. The molecule has 0 amide bonds. The average molecular weight is 291 g/mol. The minimum absolute atomic E-state index is 0.0329. The Bertz CT molecular complexity index is 475. The van der Waals surface area contributed by atoms with Crippen LogP contribution in [0.5, 0.6) is 0 Å². The number of ketones is 1. The monoisotopic (exact) mass is 290 g/mol. The molecule has 0 aliphatic rings. The lowest BCUT2D eigenvalue weighted by Gasteiger charge is -2.09. The van der Waals surface area contributed by atoms with E-state index in [4.69, 9.17) is 16.3 Å². The van der Waals surface area contributed by atoms with Crippen molar-refractivity contribution in [3.63, 3.8) is 0 Å². The summed E-state index contributed by atoms with van der Waals surface area (Å²) in [5, 5.41) is 0. The van der Waals surface area contributed by atoms with Crippen molar-refractivity contribution in [2.75, 3.05) is 12.5 Å². The standard InChI is InChI=1S/C13H13ClF2O3/c1-2-19-13(18)8-3-4-9(12(15)16)10(7-8)11(17)5-6-14/h3-4,7,12H,2,5-6H2,1H3. The number of hydrogen-bond donors (Lipinski definition) is 0. The molecule has 1 aromatic carbocycles. The number of esters is 1. The summed E-state index contributed by atoms with van der Waals surface area (Å²) < 4.78 is 30.4. The molecule has 3 nitrogen and oxygen atoms in total. The van der Waals surface area contributed by atoms with E-state index in [1.165, 1.54) is 6.07 Å². The quantitative estimate of drug-likeness (QED) is 0.457. The van der Waals surface area contributed by atoms with Crippen LogP contribution in [0.25, 0.3) is 0 Å². The van der Waals surface area contributed by atoms with E-state index < -0.39 is 23.7 Å². The molecular formula is C13H13ClF2O3. The van der Waals surface area contributed by atoms with Crippen molar-refractivity contribution in [1.82, 2.24) is 0 Å². The Balaban J connectivity index is 3.18. The first-order chi connectivity index (χ1) is 9.01. The molecular weight excluding hydrogens is 278 g/mol. The predicted molar refractivity (Wildman–Crippen MR) is 67.0 cm³/mol. The SMILES string of the molecule is CCOC(=O)c1ccc(C(F)F)c(C(=O)CCCl)c1. The van der Waals surface area contributed by atoms with E-state index in [1.54, 1.807) is 6.92 Å². The van der Waals surface area contributed by atoms with Crippen molar-refractivity contribution in [3.8, 4) is 0 Å². The highest BCUT2D eigenvalue weighted by Crippen LogP contribution is 2.25. The van der Waals surface area contributed by atoms with Gasteiger partial charge in [0, 0.05) is 23.4 Å². The van der Waals surface area contributed by atoms with E-state index in [2.05, 4.69) is 0 Å². The number of hydrogen-bond acceptors (Lipinski definition) is 3. The number of halogens is 3. The Kier molecular flexibility index (Phi) is 5.89. The van der Waals surface area contributed by atoms with Gasteiger partial charge in [-0.2, -0.15) is 0 Å². The van der Waals surface area contributed by atoms with E-state index in [0.29, 0.717) is 0 Å². The maximum Gasteiger partial charge on any atom is 0.338 e. The Labute approximate surface area is 114 Å². The number of ether oxygens (including phenoxy) is 1. The van der Waals surface area contributed by atoms with Crippen LogP contribution in [0.1, 0.15) is 46.0 Å². The summed E-state index contributed by atoms with van der Waals surface area (Å²) >= 11 is 5.43. The van der Waals surface area contributed by atoms with E-state index in [-0.39, 0.29) is 30.0 Å². The fourth-order valence-corrected chi connectivity index (χ4v) is 1.72. The molecule has 1 aromatic rings. The minimum Gasteiger partial charge on any atom is -0.462 e. The van der Waals surface area contributed by atoms with Crippen molar-refractivity contribution in [2.45, 2.75) is 19.8 Å². The molecule has 0 aromatic heterocycles. The van der Waals surface area contributed by atoms with Gasteiger partial charge in [-0.15, -0.1) is 11.6 Å². The largest absolute Gasteiger partial charge is 0.462 e. The molecule has 1 rings (SSSR count). The van der Waals surface area contributed by atoms with Crippen molar-refractivity contribution >= 4 is 23.4 Å². The first kappa shape index (κ1) is 15.6. The van der Waals surface area contributed by atoms with Crippen LogP contribution in [0.3, 0.4) is 0 Å². The van der Waals surface area contributed by atoms with E-state index in [0.717, 1.165) is 12.1 Å². The lowest BCUT2D eigenvalue weighted by molar-refractivity contribution is 0.0526. The molecule has 0 fully saturated rings. The minimum atomic E-state index is -2.79. The summed E-state index contributed by atoms with van der Waals surface area (Å²) in [5.41, 5.74) is -0.506. The first-order valence-corrected chi connectivity index (χ1v) is 6.23. The summed E-state index contributed by atoms with van der Waals surface area (Å²) in [6.07, 6.45) is -2.85. The topological polar surface area (TPSA) is 43.4 Å². The van der Waals surface area contributed by atoms with Crippen LogP contribution in [0.2, 0.25) is 0 Å². The highest BCUT2D eigenvalue weighted by molar-refractivity contribution is 6.19. The molecule has 0 aliphatic carbocycles. The number of alkyl halides is 3. The Hall–Kier alpha value is -1.49. The van der Waals surface area contributed by atoms with Crippen LogP contribution < -0.4 is 0 Å². The van der Waals surface area contributed by atoms with Gasteiger partial charge >= 0.3 is 5.97 Å². The second-order valence-corrected chi connectivity index (χ2v) is 4.06. The smallest absolute Gasteiger partial charge is 0.338 e. The molecule has 0 aliphatic heterocycles. The van der Waals surface area contributed by atoms with Gasteiger partial charge in [0.2, 0.25) is 0 Å². The van der Waals surface area contributed by atoms with Crippen LogP contribution in [-0.4, -0.2) is 24.2 Å². The maximum absolute atomic E-state index is 12.8. The highest BCUT2D eigenvalue weighted by Gasteiger charge is 2.20. The Morgan fingerprint density at radius 2 is 2.05 bits per heavy atom. The molecule has 104 valence electrons. The number of Topliss-reactive ketones (excluding diaryl/α,β-unsaturated/α-hetero) is 1. The van der Waals surface area contributed by atoms with Crippen molar-refractivity contribution in [2.24, 2.45) is 0 Å². The molecule has 0 N–H and O–H groups in total. The zero-order valence-electron chi connectivity index (χ0n) is 10.3. The van der Waals surface area contributed by atoms with Gasteiger partial charge in [0.25, 0.3) is 6.43 Å². The molecule has 0 unspecified atom stereocenters. The molecule has 0 heterocycles. The van der Waals surface area contributed by atoms with Gasteiger partial charge in [-0.05, 0) is 19.1 Å². The summed E-state index contributed by atoms with van der Waals surface area (Å²) in [4.78, 5) is 23.2. The summed E-state index contributed by atoms with van der Waals surface area (Å²) in [7, 11) is 0. The van der Waals surface area contributed by atoms with Gasteiger partial charge in [-0.3, -0.25) is 4.79 Å². The number of benzene rings is 1. The second-order valence-electron chi connectivity index (χ2n) is 3.69. The highest BCUT2D eigenvalue weighted by atomic mass is 35.5. The third-order valence-electron chi connectivity index (χ3n) is 2.42. The van der Waals surface area contributed by atoms with E-state index in [9.17, 15) is 18.4 Å². The van der Waals surface area contributed by atoms with E-state index >= 15 is 0 Å². The van der Waals surface area contributed by atoms with Crippen molar-refractivity contribution in [3.05, 3.63) is 34.9 Å². The third kappa shape index (κ3) is 3.99. The fraction of sp³-hybridized carbons (Fsp3) is 0.385. The van der Waals surface area contributed by atoms with Crippen molar-refractivity contribution in [1.29, 1.82) is 0 Å². The van der Waals surface area contributed by atoms with Crippen LogP contribution in [0.15, 0.2) is 18.2 Å². The molecule has 0 saturated carbocycles. The van der Waals surface area contributed by atoms with Gasteiger partial charge in [0.05, 0.1) is 12.2 Å². The van der Waals surface area contributed by atoms with Gasteiger partial charge in [0.1, 0.15) is 0 Å². The predicted octanol–water partition coefficient (Wildman–Crippen LogP) is 3.61. The first-order valence-electron chi connectivity index (χ1n) is 5.69. The summed E-state index contributed by atoms with van der Waals surface area (Å²) in [5.74, 6) is -1.13. The Morgan fingerprint density at radius 1 is 1.37 bits per heavy atom. The number of carbonyl (C=O) groups excluding carboxylic acids is 2. The van der Waals surface area contributed by atoms with Gasteiger partial charge in [-0.25, -0.2) is 13.6 Å². The molecule has 0 radical (unpaired) electrons. The van der Waals surface area contributed by atoms with Crippen LogP contribution in [0.4, 0.5) is 8.78 Å². The van der Waals surface area contributed by atoms with Crippen molar-refractivity contribution < 1.29 is 23.1 Å². The zero-order valence-corrected chi connectivity index (χ0v) is 11.0. The fourth-order valence-electron chi connectivity index (χ4n) is 1.55. The molecule has 0 atom stereocenters. The normalized spacial score (nSPS) is 10.6. The van der Waals surface area contributed by atoms with Gasteiger partial charge in [-0.1, -0.05) is 6.07 Å². The lowest BCUT2D eigenvalue weighted by atomic mass is 9.99. The molecule has 6 heteroatoms. The van der Waals surface area contributed by atoms with Crippen LogP contribution >= 0.6 is 11.6 Å². The summed E-state index contributed by atoms with van der Waals surface area (Å²) in [6, 6.07) is 3.42. The second kappa shape index (κ2) is 7.19. The maximum atomic E-state index is 12.8. The molecule has 0 spiro atoms. The number of rotatable bonds is 6. The third-order valence-corrected chi connectivity index (χ3v) is 2.61. The van der Waals surface area contributed by atoms with Gasteiger partial charge < -0.3 is 4.74 Å². The lowest BCUT2D eigenvalue weighted by Crippen LogP contribution is -2.10. The number of carbonyl (C=O) groups is 2. The van der Waals surface area contributed by atoms with Crippen LogP contribution in [-0.2, 0) is 4.74 Å². The van der Waals surface area contributed by atoms with E-state index in [1.807, 2.05) is 0 Å². The zero-order chi connectivity index (χ0) is 14.4. The molecule has 0 saturated heterocycles. The average Bonchev–Trinajstić information content (AvgIpc) is 2.38.